The van der Waals surface area contributed by atoms with E-state index < -0.39 is 23.5 Å². The van der Waals surface area contributed by atoms with Crippen LogP contribution in [0, 0.1) is 11.8 Å². The molecule has 2 unspecified atom stereocenters. The van der Waals surface area contributed by atoms with Crippen molar-refractivity contribution >= 4 is 23.7 Å². The van der Waals surface area contributed by atoms with Crippen LogP contribution in [0.25, 0.3) is 11.3 Å². The van der Waals surface area contributed by atoms with Gasteiger partial charge in [-0.2, -0.15) is 0 Å². The van der Waals surface area contributed by atoms with Crippen LogP contribution in [0.5, 0.6) is 11.5 Å². The van der Waals surface area contributed by atoms with E-state index in [2.05, 4.69) is 20.9 Å². The molecule has 1 aliphatic carbocycles. The van der Waals surface area contributed by atoms with E-state index in [1.165, 1.54) is 6.21 Å². The van der Waals surface area contributed by atoms with Crippen LogP contribution in [-0.4, -0.2) is 66.4 Å². The highest BCUT2D eigenvalue weighted by molar-refractivity contribution is 6.38. The number of hydrogen-bond donors (Lipinski definition) is 0. The van der Waals surface area contributed by atoms with Crippen LogP contribution in [0.1, 0.15) is 34.3 Å². The lowest BCUT2D eigenvalue weighted by Gasteiger charge is -2.21. The minimum Gasteiger partial charge on any atom is -0.486 e. The van der Waals surface area contributed by atoms with Gasteiger partial charge in [-0.3, -0.25) is 19.4 Å². The molecule has 8 nitrogen and oxygen atoms in total. The van der Waals surface area contributed by atoms with Gasteiger partial charge in [-0.05, 0) is 86.3 Å². The van der Waals surface area contributed by atoms with Gasteiger partial charge in [0.2, 0.25) is 5.78 Å². The Labute approximate surface area is 233 Å². The van der Waals surface area contributed by atoms with Gasteiger partial charge in [0, 0.05) is 36.0 Å². The van der Waals surface area contributed by atoms with Crippen LogP contribution < -0.4 is 9.47 Å². The predicted octanol–water partition coefficient (Wildman–Crippen LogP) is 4.00. The fourth-order valence-corrected chi connectivity index (χ4v) is 5.74. The summed E-state index contributed by atoms with van der Waals surface area (Å²) in [6.45, 7) is 3.13. The number of likely N-dealkylation sites (tertiary alicyclic amines) is 1. The topological polar surface area (TPSA) is 98.2 Å². The average molecular weight is 538 g/mol. The summed E-state index contributed by atoms with van der Waals surface area (Å²) in [5, 5.41) is 0. The van der Waals surface area contributed by atoms with E-state index in [1.807, 2.05) is 30.3 Å². The third-order valence-corrected chi connectivity index (χ3v) is 7.87. The summed E-state index contributed by atoms with van der Waals surface area (Å²) in [5.74, 6) is -1.44. The van der Waals surface area contributed by atoms with Crippen LogP contribution in [-0.2, 0) is 22.4 Å². The smallest absolute Gasteiger partial charge is 0.313 e. The van der Waals surface area contributed by atoms with E-state index in [0.29, 0.717) is 49.7 Å². The molecule has 3 heterocycles. The maximum absolute atomic E-state index is 13.5. The Morgan fingerprint density at radius 1 is 0.950 bits per heavy atom. The van der Waals surface area contributed by atoms with Gasteiger partial charge in [0.05, 0.1) is 11.6 Å². The second-order valence-electron chi connectivity index (χ2n) is 10.6. The number of ketones is 2. The summed E-state index contributed by atoms with van der Waals surface area (Å²) in [4.78, 5) is 50.3. The molecule has 1 amide bonds. The molecule has 3 aromatic rings. The largest absolute Gasteiger partial charge is 0.486 e. The van der Waals surface area contributed by atoms with Crippen molar-refractivity contribution in [3.63, 3.8) is 0 Å². The molecule has 204 valence electrons. The number of amides is 1. The van der Waals surface area contributed by atoms with Gasteiger partial charge in [0.1, 0.15) is 13.2 Å². The summed E-state index contributed by atoms with van der Waals surface area (Å²) < 4.78 is 11.2. The van der Waals surface area contributed by atoms with Crippen LogP contribution >= 0.6 is 0 Å². The molecule has 0 radical (unpaired) electrons. The first kappa shape index (κ1) is 26.1. The lowest BCUT2D eigenvalue weighted by Crippen LogP contribution is -2.33. The molecule has 3 aliphatic rings. The number of nitrogens with zero attached hydrogens (tertiary/aromatic N) is 3. The van der Waals surface area contributed by atoms with E-state index in [4.69, 9.17) is 9.47 Å². The van der Waals surface area contributed by atoms with Gasteiger partial charge in [-0.1, -0.05) is 18.2 Å². The number of aliphatic imine (C=N–C) groups is 1. The lowest BCUT2D eigenvalue weighted by molar-refractivity contribution is -0.138. The molecule has 0 N–H and O–H groups in total. The van der Waals surface area contributed by atoms with Gasteiger partial charge in [-0.15, -0.1) is 0 Å². The first-order valence-electron chi connectivity index (χ1n) is 13.9. The van der Waals surface area contributed by atoms with Crippen molar-refractivity contribution in [3.05, 3.63) is 77.5 Å². The second-order valence-corrected chi connectivity index (χ2v) is 10.6. The maximum Gasteiger partial charge on any atom is 0.313 e. The molecule has 8 heteroatoms. The fraction of sp³-hybridized carbons (Fsp3) is 0.344. The van der Waals surface area contributed by atoms with Gasteiger partial charge < -0.3 is 14.4 Å². The predicted molar refractivity (Wildman–Crippen MR) is 150 cm³/mol. The molecule has 1 fully saturated rings. The first-order valence-corrected chi connectivity index (χ1v) is 13.9. The average Bonchev–Trinajstić information content (AvgIpc) is 3.68. The molecule has 0 bridgehead atoms. The Morgan fingerprint density at radius 2 is 1.75 bits per heavy atom. The summed E-state index contributed by atoms with van der Waals surface area (Å²) in [6.07, 6.45) is 6.27. The lowest BCUT2D eigenvalue weighted by atomic mass is 9.97. The molecule has 1 aromatic heterocycles. The van der Waals surface area contributed by atoms with Gasteiger partial charge in [0.25, 0.3) is 0 Å². The van der Waals surface area contributed by atoms with Crippen LogP contribution in [0.4, 0.5) is 0 Å². The zero-order chi connectivity index (χ0) is 27.5. The SMILES string of the molecule is O=C(N=CC(CN1CCCC1)C(=O)c1ccc2c(c1)OCCO2)C(=O)C1Cc2ccc(-c3ccccn3)cc2C1. The quantitative estimate of drug-likeness (QED) is 0.243. The number of fused-ring (bicyclic) bond motifs is 2. The van der Waals surface area contributed by atoms with E-state index in [1.54, 1.807) is 24.4 Å². The van der Waals surface area contributed by atoms with Crippen molar-refractivity contribution in [2.75, 3.05) is 32.8 Å². The molecule has 6 rings (SSSR count). The number of carbonyl (C=O) groups excluding carboxylic acids is 3. The minimum atomic E-state index is -0.802. The highest BCUT2D eigenvalue weighted by Crippen LogP contribution is 2.32. The Morgan fingerprint density at radius 3 is 2.55 bits per heavy atom. The van der Waals surface area contributed by atoms with E-state index in [0.717, 1.165) is 48.3 Å². The van der Waals surface area contributed by atoms with Gasteiger partial charge in [0.15, 0.2) is 17.3 Å². The van der Waals surface area contributed by atoms with Crippen LogP contribution in [0.15, 0.2) is 65.8 Å². The van der Waals surface area contributed by atoms with Crippen molar-refractivity contribution in [2.45, 2.75) is 25.7 Å². The van der Waals surface area contributed by atoms with Gasteiger partial charge >= 0.3 is 5.91 Å². The Bertz CT molecular complexity index is 1460. The number of carbonyl (C=O) groups is 3. The highest BCUT2D eigenvalue weighted by atomic mass is 16.6. The number of pyridine rings is 1. The normalized spacial score (nSPS) is 18.9. The standard InChI is InChI=1S/C32H31N3O5/c36-30(23-8-9-28-29(18-23)40-14-13-39-28)26(20-35-11-3-4-12-35)19-34-32(38)31(37)25-15-21-6-7-22(16-24(21)17-25)27-5-1-2-10-33-27/h1-2,5-10,16,18-19,25-26H,3-4,11-15,17,20H2. The third-order valence-electron chi connectivity index (χ3n) is 7.87. The summed E-state index contributed by atoms with van der Waals surface area (Å²) >= 11 is 0. The van der Waals surface area contributed by atoms with Gasteiger partial charge in [-0.25, -0.2) is 4.99 Å². The molecule has 0 spiro atoms. The van der Waals surface area contributed by atoms with Crippen molar-refractivity contribution in [3.8, 4) is 22.8 Å². The number of ether oxygens (including phenoxy) is 2. The van der Waals surface area contributed by atoms with Crippen molar-refractivity contribution in [2.24, 2.45) is 16.8 Å². The maximum atomic E-state index is 13.5. The van der Waals surface area contributed by atoms with Crippen molar-refractivity contribution in [1.29, 1.82) is 0 Å². The summed E-state index contributed by atoms with van der Waals surface area (Å²) in [5.41, 5.74) is 4.44. The molecular weight excluding hydrogens is 506 g/mol. The van der Waals surface area contributed by atoms with Crippen molar-refractivity contribution in [1.82, 2.24) is 9.88 Å². The number of benzene rings is 2. The minimum absolute atomic E-state index is 0.164. The molecule has 1 saturated heterocycles. The van der Waals surface area contributed by atoms with E-state index in [-0.39, 0.29) is 5.78 Å². The molecular formula is C32H31N3O5. The summed E-state index contributed by atoms with van der Waals surface area (Å²) in [7, 11) is 0. The first-order chi connectivity index (χ1) is 19.5. The molecule has 0 saturated carbocycles. The fourth-order valence-electron chi connectivity index (χ4n) is 5.74. The van der Waals surface area contributed by atoms with E-state index >= 15 is 0 Å². The number of rotatable bonds is 8. The number of hydrogen-bond acceptors (Lipinski definition) is 7. The van der Waals surface area contributed by atoms with E-state index in [9.17, 15) is 14.4 Å². The Kier molecular flexibility index (Phi) is 7.51. The van der Waals surface area contributed by atoms with Crippen LogP contribution in [0.3, 0.4) is 0 Å². The molecule has 2 aliphatic heterocycles. The number of aromatic nitrogens is 1. The molecule has 2 aromatic carbocycles. The highest BCUT2D eigenvalue weighted by Gasteiger charge is 2.32. The monoisotopic (exact) mass is 537 g/mol. The zero-order valence-electron chi connectivity index (χ0n) is 22.3. The summed E-state index contributed by atoms with van der Waals surface area (Å²) in [6, 6.07) is 17.0. The van der Waals surface area contributed by atoms with Crippen LogP contribution in [0.2, 0.25) is 0 Å². The van der Waals surface area contributed by atoms with Crippen molar-refractivity contribution < 1.29 is 23.9 Å². The molecule has 2 atom stereocenters. The third kappa shape index (κ3) is 5.58. The molecule has 40 heavy (non-hydrogen) atoms. The Hall–Kier alpha value is -4.17. The zero-order valence-corrected chi connectivity index (χ0v) is 22.3. The number of Topliss-reactive ketones (excluding diaryl/α,β-unsaturated/α-hetero) is 2. The second kappa shape index (κ2) is 11.5. The Balaban J connectivity index is 1.15.